The van der Waals surface area contributed by atoms with Crippen molar-refractivity contribution < 1.29 is 12.8 Å². The number of rotatable bonds is 3. The van der Waals surface area contributed by atoms with E-state index in [2.05, 4.69) is 4.98 Å². The molecule has 96 valence electrons. The highest BCUT2D eigenvalue weighted by atomic mass is 32.2. The predicted octanol–water partition coefficient (Wildman–Crippen LogP) is 2.50. The number of aryl methyl sites for hydroxylation is 2. The fraction of sp³-hybridized carbons (Fsp3) is 0.308. The van der Waals surface area contributed by atoms with Gasteiger partial charge in [0.1, 0.15) is 6.26 Å². The summed E-state index contributed by atoms with van der Waals surface area (Å²) in [5.41, 5.74) is 3.55. The number of oxazole rings is 1. The second-order valence-electron chi connectivity index (χ2n) is 4.53. The average molecular weight is 265 g/mol. The van der Waals surface area contributed by atoms with Gasteiger partial charge in [0.05, 0.1) is 11.4 Å². The molecule has 0 saturated carbocycles. The van der Waals surface area contributed by atoms with Gasteiger partial charge in [-0.3, -0.25) is 0 Å². The molecule has 0 aliphatic carbocycles. The fourth-order valence-corrected chi connectivity index (χ4v) is 2.49. The van der Waals surface area contributed by atoms with Gasteiger partial charge >= 0.3 is 0 Å². The zero-order valence-corrected chi connectivity index (χ0v) is 11.4. The summed E-state index contributed by atoms with van der Waals surface area (Å²) in [6.45, 7) is 3.99. The van der Waals surface area contributed by atoms with Gasteiger partial charge in [-0.15, -0.1) is 0 Å². The smallest absolute Gasteiger partial charge is 0.226 e. The molecule has 5 heteroatoms. The Kier molecular flexibility index (Phi) is 3.26. The maximum atomic E-state index is 11.2. The Labute approximate surface area is 107 Å². The van der Waals surface area contributed by atoms with E-state index >= 15 is 0 Å². The normalized spacial score (nSPS) is 11.7. The van der Waals surface area contributed by atoms with Crippen LogP contribution in [0.5, 0.6) is 0 Å². The summed E-state index contributed by atoms with van der Waals surface area (Å²) < 4.78 is 27.7. The summed E-state index contributed by atoms with van der Waals surface area (Å²) in [7, 11) is -3.09. The largest absolute Gasteiger partial charge is 0.444 e. The predicted molar refractivity (Wildman–Crippen MR) is 70.0 cm³/mol. The maximum absolute atomic E-state index is 11.2. The maximum Gasteiger partial charge on any atom is 0.226 e. The molecular formula is C13H15NO3S. The van der Waals surface area contributed by atoms with Crippen LogP contribution in [0, 0.1) is 13.8 Å². The zero-order chi connectivity index (χ0) is 13.3. The third-order valence-electron chi connectivity index (χ3n) is 2.57. The molecule has 0 aliphatic rings. The minimum atomic E-state index is -3.09. The van der Waals surface area contributed by atoms with Crippen molar-refractivity contribution in [3.63, 3.8) is 0 Å². The van der Waals surface area contributed by atoms with Gasteiger partial charge in [-0.25, -0.2) is 13.4 Å². The van der Waals surface area contributed by atoms with Gasteiger partial charge in [0.25, 0.3) is 0 Å². The van der Waals surface area contributed by atoms with Crippen LogP contribution in [0.15, 0.2) is 28.9 Å². The summed E-state index contributed by atoms with van der Waals surface area (Å²) in [6, 6.07) is 5.94. The topological polar surface area (TPSA) is 60.2 Å². The van der Waals surface area contributed by atoms with Crippen LogP contribution >= 0.6 is 0 Å². The molecule has 0 unspecified atom stereocenters. The molecule has 0 radical (unpaired) electrons. The molecule has 0 bridgehead atoms. The lowest BCUT2D eigenvalue weighted by atomic mass is 10.1. The zero-order valence-electron chi connectivity index (χ0n) is 10.6. The first kappa shape index (κ1) is 12.8. The second-order valence-corrected chi connectivity index (χ2v) is 6.67. The van der Waals surface area contributed by atoms with E-state index in [1.165, 1.54) is 18.1 Å². The minimum Gasteiger partial charge on any atom is -0.444 e. The Morgan fingerprint density at radius 3 is 2.61 bits per heavy atom. The lowest BCUT2D eigenvalue weighted by Gasteiger charge is -2.02. The van der Waals surface area contributed by atoms with Crippen molar-refractivity contribution in [2.45, 2.75) is 19.6 Å². The van der Waals surface area contributed by atoms with Crippen molar-refractivity contribution in [1.82, 2.24) is 4.98 Å². The van der Waals surface area contributed by atoms with Crippen molar-refractivity contribution in [3.05, 3.63) is 41.3 Å². The van der Waals surface area contributed by atoms with Gasteiger partial charge in [0, 0.05) is 11.8 Å². The first-order valence-corrected chi connectivity index (χ1v) is 7.61. The van der Waals surface area contributed by atoms with Crippen LogP contribution in [0.2, 0.25) is 0 Å². The van der Waals surface area contributed by atoms with Crippen LogP contribution in [0.4, 0.5) is 0 Å². The van der Waals surface area contributed by atoms with Crippen LogP contribution in [-0.2, 0) is 15.6 Å². The Balaban J connectivity index is 2.35. The molecule has 1 aromatic carbocycles. The number of nitrogens with zero attached hydrogens (tertiary/aromatic N) is 1. The van der Waals surface area contributed by atoms with E-state index in [-0.39, 0.29) is 5.75 Å². The molecule has 4 nitrogen and oxygen atoms in total. The summed E-state index contributed by atoms with van der Waals surface area (Å²) in [6.07, 6.45) is 2.58. The number of hydrogen-bond donors (Lipinski definition) is 0. The van der Waals surface area contributed by atoms with E-state index in [1.54, 1.807) is 0 Å². The third-order valence-corrected chi connectivity index (χ3v) is 3.39. The molecule has 0 atom stereocenters. The van der Waals surface area contributed by atoms with E-state index in [4.69, 9.17) is 4.42 Å². The van der Waals surface area contributed by atoms with Crippen molar-refractivity contribution in [2.24, 2.45) is 0 Å². The molecule has 2 aromatic rings. The van der Waals surface area contributed by atoms with E-state index in [0.717, 1.165) is 11.1 Å². The SMILES string of the molecule is Cc1ccc(-c2nc(CS(C)(=O)=O)co2)c(C)c1. The third kappa shape index (κ3) is 2.98. The number of aromatic nitrogens is 1. The van der Waals surface area contributed by atoms with Crippen LogP contribution in [0.3, 0.4) is 0 Å². The van der Waals surface area contributed by atoms with Gasteiger partial charge in [0.15, 0.2) is 9.84 Å². The number of hydrogen-bond acceptors (Lipinski definition) is 4. The van der Waals surface area contributed by atoms with Crippen molar-refractivity contribution in [1.29, 1.82) is 0 Å². The van der Waals surface area contributed by atoms with Crippen LogP contribution in [-0.4, -0.2) is 19.7 Å². The molecule has 2 rings (SSSR count). The lowest BCUT2D eigenvalue weighted by molar-refractivity contribution is 0.571. The van der Waals surface area contributed by atoms with Gasteiger partial charge < -0.3 is 4.42 Å². The van der Waals surface area contributed by atoms with Crippen LogP contribution in [0.25, 0.3) is 11.5 Å². The Bertz CT molecular complexity index is 671. The molecule has 0 amide bonds. The highest BCUT2D eigenvalue weighted by Crippen LogP contribution is 2.23. The highest BCUT2D eigenvalue weighted by Gasteiger charge is 2.12. The minimum absolute atomic E-state index is 0.0958. The van der Waals surface area contributed by atoms with Gasteiger partial charge in [-0.1, -0.05) is 17.7 Å². The second kappa shape index (κ2) is 4.57. The van der Waals surface area contributed by atoms with Crippen molar-refractivity contribution in [2.75, 3.05) is 6.26 Å². The van der Waals surface area contributed by atoms with Gasteiger partial charge in [-0.05, 0) is 25.5 Å². The molecule has 0 N–H and O–H groups in total. The molecule has 0 saturated heterocycles. The van der Waals surface area contributed by atoms with Crippen molar-refractivity contribution >= 4 is 9.84 Å². The number of sulfone groups is 1. The quantitative estimate of drug-likeness (QED) is 0.855. The highest BCUT2D eigenvalue weighted by molar-refractivity contribution is 7.89. The lowest BCUT2D eigenvalue weighted by Crippen LogP contribution is -2.00. The first-order valence-electron chi connectivity index (χ1n) is 5.55. The molecule has 0 fully saturated rings. The summed E-state index contributed by atoms with van der Waals surface area (Å²) in [5, 5.41) is 0. The van der Waals surface area contributed by atoms with Gasteiger partial charge in [-0.2, -0.15) is 0 Å². The Morgan fingerprint density at radius 1 is 1.28 bits per heavy atom. The molecule has 1 heterocycles. The van der Waals surface area contributed by atoms with E-state index < -0.39 is 9.84 Å². The number of benzene rings is 1. The van der Waals surface area contributed by atoms with Crippen molar-refractivity contribution in [3.8, 4) is 11.5 Å². The van der Waals surface area contributed by atoms with E-state index in [1.807, 2.05) is 32.0 Å². The van der Waals surface area contributed by atoms with E-state index in [9.17, 15) is 8.42 Å². The first-order chi connectivity index (χ1) is 8.35. The molecule has 18 heavy (non-hydrogen) atoms. The monoisotopic (exact) mass is 265 g/mol. The Morgan fingerprint density at radius 2 is 2.00 bits per heavy atom. The van der Waals surface area contributed by atoms with E-state index in [0.29, 0.717) is 11.6 Å². The summed E-state index contributed by atoms with van der Waals surface area (Å²) >= 11 is 0. The summed E-state index contributed by atoms with van der Waals surface area (Å²) in [5.74, 6) is 0.368. The van der Waals surface area contributed by atoms with Crippen LogP contribution < -0.4 is 0 Å². The molecule has 1 aromatic heterocycles. The molecule has 0 spiro atoms. The molecular weight excluding hydrogens is 250 g/mol. The average Bonchev–Trinajstić information content (AvgIpc) is 2.63. The summed E-state index contributed by atoms with van der Waals surface area (Å²) in [4.78, 5) is 4.21. The standard InChI is InChI=1S/C13H15NO3S/c1-9-4-5-12(10(2)6-9)13-14-11(7-17-13)8-18(3,15)16/h4-7H,8H2,1-3H3. The Hall–Kier alpha value is -1.62. The van der Waals surface area contributed by atoms with Gasteiger partial charge in [0.2, 0.25) is 5.89 Å². The fourth-order valence-electron chi connectivity index (χ4n) is 1.82. The van der Waals surface area contributed by atoms with Crippen LogP contribution in [0.1, 0.15) is 16.8 Å². The molecule has 0 aliphatic heterocycles.